The summed E-state index contributed by atoms with van der Waals surface area (Å²) in [7, 11) is 1.69. The van der Waals surface area contributed by atoms with Crippen molar-refractivity contribution in [1.29, 1.82) is 5.41 Å². The maximum absolute atomic E-state index is 13.5. The van der Waals surface area contributed by atoms with Crippen molar-refractivity contribution in [2.24, 2.45) is 0 Å². The van der Waals surface area contributed by atoms with Crippen molar-refractivity contribution in [3.63, 3.8) is 0 Å². The number of carbonyl (C=O) groups is 1. The largest absolute Gasteiger partial charge is 0.464 e. The van der Waals surface area contributed by atoms with Crippen LogP contribution in [0.2, 0.25) is 0 Å². The second-order valence-electron chi connectivity index (χ2n) is 8.45. The number of carbonyl (C=O) groups excluding carboxylic acids is 1. The van der Waals surface area contributed by atoms with Gasteiger partial charge in [0.05, 0.1) is 17.9 Å². The lowest BCUT2D eigenvalue weighted by molar-refractivity contribution is -0.131. The SMILES string of the molecule is CC#Cc1cc(-c2csc([C@@]3(C)CC(=N)N(C)C(=O)C3c3ccc4occc4c3)c2)ncn1. The molecular weight excluding hydrogens is 432 g/mol. The molecule has 1 aliphatic rings. The van der Waals surface area contributed by atoms with Crippen LogP contribution in [-0.4, -0.2) is 33.7 Å². The molecule has 0 bridgehead atoms. The minimum atomic E-state index is -0.569. The summed E-state index contributed by atoms with van der Waals surface area (Å²) in [5, 5.41) is 11.5. The summed E-state index contributed by atoms with van der Waals surface area (Å²) in [6.07, 6.45) is 3.63. The molecule has 0 spiro atoms. The van der Waals surface area contributed by atoms with E-state index in [2.05, 4.69) is 40.2 Å². The number of furan rings is 1. The Kier molecular flexibility index (Phi) is 5.10. The number of piperidine rings is 1. The fraction of sp³-hybridized carbons (Fsp3) is 0.231. The maximum atomic E-state index is 13.5. The second-order valence-corrected chi connectivity index (χ2v) is 9.36. The highest BCUT2D eigenvalue weighted by Gasteiger charge is 2.49. The molecule has 4 heterocycles. The third-order valence-electron chi connectivity index (χ3n) is 6.34. The Morgan fingerprint density at radius 3 is 2.91 bits per heavy atom. The van der Waals surface area contributed by atoms with Crippen molar-refractivity contribution >= 4 is 34.0 Å². The van der Waals surface area contributed by atoms with Crippen LogP contribution in [0.15, 0.2) is 58.8 Å². The van der Waals surface area contributed by atoms with Gasteiger partial charge < -0.3 is 9.32 Å². The van der Waals surface area contributed by atoms with Crippen molar-refractivity contribution in [3.8, 4) is 23.1 Å². The molecule has 7 heteroatoms. The molecule has 0 saturated carbocycles. The van der Waals surface area contributed by atoms with E-state index in [0.717, 1.165) is 32.7 Å². The number of thiophene rings is 1. The normalized spacial score (nSPS) is 20.7. The Balaban J connectivity index is 1.61. The number of amidine groups is 1. The molecule has 3 aromatic heterocycles. The van der Waals surface area contributed by atoms with E-state index >= 15 is 0 Å². The van der Waals surface area contributed by atoms with Gasteiger partial charge in [-0.3, -0.25) is 10.2 Å². The fourth-order valence-electron chi connectivity index (χ4n) is 4.55. The van der Waals surface area contributed by atoms with Gasteiger partial charge in [-0.1, -0.05) is 18.9 Å². The molecule has 1 aliphatic heterocycles. The van der Waals surface area contributed by atoms with Crippen molar-refractivity contribution in [2.45, 2.75) is 31.6 Å². The van der Waals surface area contributed by atoms with E-state index in [-0.39, 0.29) is 5.91 Å². The lowest BCUT2D eigenvalue weighted by Gasteiger charge is -2.44. The lowest BCUT2D eigenvalue weighted by Crippen LogP contribution is -2.51. The van der Waals surface area contributed by atoms with Crippen molar-refractivity contribution in [2.75, 3.05) is 7.05 Å². The number of fused-ring (bicyclic) bond motifs is 1. The minimum absolute atomic E-state index is 0.0749. The Hall–Kier alpha value is -3.76. The monoisotopic (exact) mass is 454 g/mol. The molecule has 1 N–H and O–H groups in total. The average Bonchev–Trinajstić information content (AvgIpc) is 3.48. The Labute approximate surface area is 195 Å². The van der Waals surface area contributed by atoms with Crippen LogP contribution in [-0.2, 0) is 10.2 Å². The number of amides is 1. The van der Waals surface area contributed by atoms with E-state index in [4.69, 9.17) is 9.83 Å². The summed E-state index contributed by atoms with van der Waals surface area (Å²) in [5.41, 5.74) is 3.56. The van der Waals surface area contributed by atoms with Gasteiger partial charge in [-0.15, -0.1) is 11.3 Å². The number of rotatable bonds is 3. The Morgan fingerprint density at radius 1 is 1.24 bits per heavy atom. The van der Waals surface area contributed by atoms with E-state index in [1.54, 1.807) is 31.6 Å². The van der Waals surface area contributed by atoms with Gasteiger partial charge in [0.15, 0.2) is 0 Å². The van der Waals surface area contributed by atoms with Gasteiger partial charge in [0.2, 0.25) is 5.91 Å². The van der Waals surface area contributed by atoms with Gasteiger partial charge in [0.25, 0.3) is 0 Å². The van der Waals surface area contributed by atoms with Gasteiger partial charge in [0.1, 0.15) is 23.4 Å². The number of aromatic nitrogens is 2. The number of hydrogen-bond acceptors (Lipinski definition) is 6. The van der Waals surface area contributed by atoms with Crippen LogP contribution >= 0.6 is 11.3 Å². The molecular formula is C26H22N4O2S. The first-order valence-electron chi connectivity index (χ1n) is 10.6. The van der Waals surface area contributed by atoms with E-state index in [1.165, 1.54) is 11.2 Å². The molecule has 0 aliphatic carbocycles. The zero-order valence-corrected chi connectivity index (χ0v) is 19.4. The summed E-state index contributed by atoms with van der Waals surface area (Å²) in [5.74, 6) is 5.66. The second kappa shape index (κ2) is 7.98. The van der Waals surface area contributed by atoms with Gasteiger partial charge in [-0.2, -0.15) is 0 Å². The lowest BCUT2D eigenvalue weighted by atomic mass is 9.67. The number of benzene rings is 1. The van der Waals surface area contributed by atoms with Crippen LogP contribution in [0, 0.1) is 17.3 Å². The molecule has 4 aromatic rings. The summed E-state index contributed by atoms with van der Waals surface area (Å²) < 4.78 is 5.49. The number of hydrogen-bond donors (Lipinski definition) is 1. The van der Waals surface area contributed by atoms with Crippen LogP contribution in [0.4, 0.5) is 0 Å². The first-order valence-corrected chi connectivity index (χ1v) is 11.4. The third kappa shape index (κ3) is 3.53. The van der Waals surface area contributed by atoms with E-state index in [0.29, 0.717) is 18.0 Å². The van der Waals surface area contributed by atoms with Crippen LogP contribution in [0.1, 0.15) is 42.3 Å². The van der Waals surface area contributed by atoms with Gasteiger partial charge in [-0.05, 0) is 48.7 Å². The molecule has 1 amide bonds. The van der Waals surface area contributed by atoms with Crippen molar-refractivity contribution in [1.82, 2.24) is 14.9 Å². The maximum Gasteiger partial charge on any atom is 0.236 e. The molecule has 5 rings (SSSR count). The van der Waals surface area contributed by atoms with Gasteiger partial charge in [-0.25, -0.2) is 9.97 Å². The van der Waals surface area contributed by atoms with E-state index in [9.17, 15) is 4.79 Å². The molecule has 164 valence electrons. The summed E-state index contributed by atoms with van der Waals surface area (Å²) in [6.45, 7) is 3.86. The first-order chi connectivity index (χ1) is 15.9. The number of likely N-dealkylation sites (N-methyl/N-ethyl adjacent to an activating group) is 1. The number of likely N-dealkylation sites (tertiary alicyclic amines) is 1. The number of nitrogens with one attached hydrogen (secondary N) is 1. The molecule has 1 saturated heterocycles. The predicted molar refractivity (Wildman–Crippen MR) is 129 cm³/mol. The van der Waals surface area contributed by atoms with Crippen molar-refractivity contribution in [3.05, 3.63) is 70.5 Å². The smallest absolute Gasteiger partial charge is 0.236 e. The molecule has 1 fully saturated rings. The molecule has 1 aromatic carbocycles. The van der Waals surface area contributed by atoms with E-state index < -0.39 is 11.3 Å². The van der Waals surface area contributed by atoms with Crippen LogP contribution < -0.4 is 0 Å². The first kappa shape index (κ1) is 21.1. The third-order valence-corrected chi connectivity index (χ3v) is 7.55. The topological polar surface area (TPSA) is 83.1 Å². The Morgan fingerprint density at radius 2 is 2.09 bits per heavy atom. The van der Waals surface area contributed by atoms with Gasteiger partial charge >= 0.3 is 0 Å². The molecule has 1 unspecified atom stereocenters. The predicted octanol–water partition coefficient (Wildman–Crippen LogP) is 5.20. The highest BCUT2D eigenvalue weighted by atomic mass is 32.1. The molecule has 0 radical (unpaired) electrons. The van der Waals surface area contributed by atoms with Crippen molar-refractivity contribution < 1.29 is 9.21 Å². The molecule has 33 heavy (non-hydrogen) atoms. The molecule has 6 nitrogen and oxygen atoms in total. The van der Waals surface area contributed by atoms with Crippen LogP contribution in [0.5, 0.6) is 0 Å². The highest BCUT2D eigenvalue weighted by Crippen LogP contribution is 2.49. The van der Waals surface area contributed by atoms with Gasteiger partial charge in [0, 0.05) is 40.1 Å². The summed E-state index contributed by atoms with van der Waals surface area (Å²) in [6, 6.07) is 11.8. The molecule has 2 atom stereocenters. The highest BCUT2D eigenvalue weighted by molar-refractivity contribution is 7.10. The zero-order chi connectivity index (χ0) is 23.2. The zero-order valence-electron chi connectivity index (χ0n) is 18.5. The summed E-state index contributed by atoms with van der Waals surface area (Å²) in [4.78, 5) is 24.7. The number of nitrogens with zero attached hydrogens (tertiary/aromatic N) is 3. The minimum Gasteiger partial charge on any atom is -0.464 e. The quantitative estimate of drug-likeness (QED) is 0.431. The van der Waals surface area contributed by atoms with Crippen LogP contribution in [0.3, 0.4) is 0 Å². The average molecular weight is 455 g/mol. The standard InChI is InChI=1S/C26H22N4O2S/c1-4-5-19-12-20(29-15-28-19)18-11-22(33-14-18)26(2)13-23(27)30(3)25(31)24(26)17-6-7-21-16(10-17)8-9-32-21/h6-12,14-15,24,27H,13H2,1-3H3/t24?,26-/m1/s1. The summed E-state index contributed by atoms with van der Waals surface area (Å²) >= 11 is 1.60. The van der Waals surface area contributed by atoms with E-state index in [1.807, 2.05) is 30.3 Å². The fourth-order valence-corrected chi connectivity index (χ4v) is 5.65. The Bertz CT molecular complexity index is 1460. The van der Waals surface area contributed by atoms with Crippen LogP contribution in [0.25, 0.3) is 22.2 Å².